The number of nitrogens with zero attached hydrogens (tertiary/aromatic N) is 1. The van der Waals surface area contributed by atoms with Gasteiger partial charge in [0.15, 0.2) is 6.29 Å². The van der Waals surface area contributed by atoms with E-state index in [1.54, 1.807) is 48.5 Å². The molecule has 49 heavy (non-hydrogen) atoms. The predicted octanol–water partition coefficient (Wildman–Crippen LogP) is 7.98. The van der Waals surface area contributed by atoms with Crippen molar-refractivity contribution in [2.45, 2.75) is 76.8 Å². The lowest BCUT2D eigenvalue weighted by molar-refractivity contribution is -0.120. The summed E-state index contributed by atoms with van der Waals surface area (Å²) in [6, 6.07) is 18.7. The maximum Gasteiger partial charge on any atom is 0.294 e. The molecule has 1 saturated heterocycles. The number of piperidine rings is 1. The first kappa shape index (κ1) is 41.7. The zero-order valence-corrected chi connectivity index (χ0v) is 29.9. The number of halogens is 3. The van der Waals surface area contributed by atoms with Crippen molar-refractivity contribution >= 4 is 30.0 Å². The van der Waals surface area contributed by atoms with Crippen LogP contribution in [0.1, 0.15) is 74.7 Å². The number of nitrogens with two attached hydrogens (primary N) is 1. The van der Waals surface area contributed by atoms with Gasteiger partial charge < -0.3 is 25.5 Å². The lowest BCUT2D eigenvalue weighted by Crippen LogP contribution is -2.42. The van der Waals surface area contributed by atoms with Crippen molar-refractivity contribution in [2.75, 3.05) is 33.8 Å². The number of rotatable bonds is 10. The Morgan fingerprint density at radius 1 is 0.918 bits per heavy atom. The molecule has 3 aromatic carbocycles. The number of ketones is 1. The van der Waals surface area contributed by atoms with Gasteiger partial charge in [0, 0.05) is 22.2 Å². The second kappa shape index (κ2) is 22.3. The number of hydrogen-bond acceptors (Lipinski definition) is 7. The van der Waals surface area contributed by atoms with E-state index in [1.165, 1.54) is 77.2 Å². The monoisotopic (exact) mass is 699 g/mol. The van der Waals surface area contributed by atoms with E-state index in [9.17, 15) is 23.2 Å². The lowest BCUT2D eigenvalue weighted by atomic mass is 9.90. The molecule has 2 aliphatic rings. The van der Waals surface area contributed by atoms with Crippen LogP contribution in [0, 0.1) is 5.92 Å². The Labute approximate surface area is 295 Å². The normalized spacial score (nSPS) is 15.9. The number of alkyl halides is 2. The average molecular weight is 700 g/mol. The maximum atomic E-state index is 14.1. The van der Waals surface area contributed by atoms with Crippen molar-refractivity contribution in [1.29, 1.82) is 0 Å². The highest BCUT2D eigenvalue weighted by Gasteiger charge is 2.40. The van der Waals surface area contributed by atoms with Gasteiger partial charge in [0.2, 0.25) is 5.78 Å². The number of carbonyl (C=O) groups excluding carboxylic acids is 3. The topological polar surface area (TPSA) is 102 Å². The summed E-state index contributed by atoms with van der Waals surface area (Å²) in [5, 5.41) is 2.93. The van der Waals surface area contributed by atoms with Crippen LogP contribution in [0.2, 0.25) is 5.02 Å². The van der Waals surface area contributed by atoms with Gasteiger partial charge in [-0.15, -0.1) is 0 Å². The summed E-state index contributed by atoms with van der Waals surface area (Å²) in [5.41, 5.74) is 7.57. The van der Waals surface area contributed by atoms with Crippen molar-refractivity contribution in [2.24, 2.45) is 11.7 Å². The first-order valence-corrected chi connectivity index (χ1v) is 17.5. The van der Waals surface area contributed by atoms with E-state index in [0.29, 0.717) is 28.8 Å². The highest BCUT2D eigenvalue weighted by atomic mass is 35.5. The molecule has 0 aromatic heterocycles. The van der Waals surface area contributed by atoms with Crippen LogP contribution in [-0.2, 0) is 15.5 Å². The van der Waals surface area contributed by atoms with Crippen LogP contribution in [0.4, 0.5) is 8.78 Å². The van der Waals surface area contributed by atoms with Gasteiger partial charge in [-0.25, -0.2) is 0 Å². The van der Waals surface area contributed by atoms with Gasteiger partial charge in [0.1, 0.15) is 18.1 Å². The summed E-state index contributed by atoms with van der Waals surface area (Å²) in [7, 11) is 3.47. The Kier molecular flexibility index (Phi) is 18.9. The van der Waals surface area contributed by atoms with E-state index in [1.807, 2.05) is 26.0 Å². The van der Waals surface area contributed by atoms with Gasteiger partial charge in [-0.3, -0.25) is 9.59 Å². The van der Waals surface area contributed by atoms with Crippen LogP contribution in [0.15, 0.2) is 72.8 Å². The molecular weight excluding hydrogens is 648 g/mol. The molecule has 3 N–H and O–H groups in total. The van der Waals surface area contributed by atoms with Crippen LogP contribution >= 0.6 is 11.6 Å². The van der Waals surface area contributed by atoms with E-state index in [-0.39, 0.29) is 11.8 Å². The fourth-order valence-electron chi connectivity index (χ4n) is 5.42. The molecule has 5 rings (SSSR count). The molecule has 7 nitrogen and oxygen atoms in total. The largest absolute Gasteiger partial charge is 0.493 e. The van der Waals surface area contributed by atoms with Crippen molar-refractivity contribution < 1.29 is 27.9 Å². The highest BCUT2D eigenvalue weighted by molar-refractivity contribution is 6.33. The highest BCUT2D eigenvalue weighted by Crippen LogP contribution is 2.33. The second-order valence-electron chi connectivity index (χ2n) is 12.1. The van der Waals surface area contributed by atoms with Gasteiger partial charge in [-0.2, -0.15) is 8.78 Å². The molecule has 10 heteroatoms. The number of likely N-dealkylation sites (N-methyl/N-ethyl adjacent to an activating group) is 1. The molecule has 1 aliphatic carbocycles. The Morgan fingerprint density at radius 2 is 1.45 bits per heavy atom. The van der Waals surface area contributed by atoms with E-state index < -0.39 is 17.7 Å². The fourth-order valence-corrected chi connectivity index (χ4v) is 5.55. The number of likely N-dealkylation sites (tertiary alicyclic amines) is 1. The average Bonchev–Trinajstić information content (AvgIpc) is 3.14. The number of nitrogens with one attached hydrogen (secondary N) is 1. The molecule has 268 valence electrons. The number of hydrogen-bond donors (Lipinski definition) is 2. The lowest BCUT2D eigenvalue weighted by Gasteiger charge is -2.25. The summed E-state index contributed by atoms with van der Waals surface area (Å²) in [5.74, 6) is -2.32. The van der Waals surface area contributed by atoms with E-state index in [0.717, 1.165) is 23.5 Å². The summed E-state index contributed by atoms with van der Waals surface area (Å²) in [6.45, 7) is 7.11. The molecule has 3 aromatic rings. The van der Waals surface area contributed by atoms with Crippen molar-refractivity contribution in [3.63, 3.8) is 0 Å². The third-order valence-electron chi connectivity index (χ3n) is 8.50. The van der Waals surface area contributed by atoms with Gasteiger partial charge in [0.05, 0.1) is 6.61 Å². The molecule has 0 radical (unpaired) electrons. The van der Waals surface area contributed by atoms with E-state index >= 15 is 0 Å². The molecule has 0 bridgehead atoms. The Bertz CT molecular complexity index is 1360. The minimum absolute atomic E-state index is 0.202. The van der Waals surface area contributed by atoms with Crippen molar-refractivity contribution in [1.82, 2.24) is 10.2 Å². The SMILES string of the molecule is CC.CN1CCC(N)CC1.CNC(C=O)C(F)(F)c1ccc(-c2ccc(Cl)cc2)cc1.O=CC(=O)c1ccc(OCC2CCCCC2)cc1. The number of Topliss-reactive ketones (excluding diaryl/α,β-unsaturated/α-hetero) is 1. The van der Waals surface area contributed by atoms with E-state index in [4.69, 9.17) is 22.1 Å². The predicted molar refractivity (Wildman–Crippen MR) is 195 cm³/mol. The zero-order chi connectivity index (χ0) is 36.2. The van der Waals surface area contributed by atoms with E-state index in [2.05, 4.69) is 17.3 Å². The number of benzene rings is 3. The smallest absolute Gasteiger partial charge is 0.294 e. The van der Waals surface area contributed by atoms with Crippen LogP contribution in [0.5, 0.6) is 5.75 Å². The molecule has 1 saturated carbocycles. The summed E-state index contributed by atoms with van der Waals surface area (Å²) < 4.78 is 33.9. The Morgan fingerprint density at radius 3 is 1.92 bits per heavy atom. The van der Waals surface area contributed by atoms with Gasteiger partial charge >= 0.3 is 0 Å². The standard InChI is InChI=1S/C16H14ClF2NO.C15H18O3.C6H14N2.C2H6/c1-20-15(10-21)16(18,19)13-6-2-11(3-7-13)12-4-8-14(17)9-5-12;16-10-15(17)13-6-8-14(9-7-13)18-11-12-4-2-1-3-5-12;1-8-4-2-6(7)3-5-8;1-2/h2-10,15,20H,1H3;6-10,12H,1-5,11H2;6H,2-5,7H2,1H3;1-2H3. The second-order valence-corrected chi connectivity index (χ2v) is 12.5. The molecule has 2 fully saturated rings. The molecule has 1 heterocycles. The molecule has 1 unspecified atom stereocenters. The van der Waals surface area contributed by atoms with Crippen LogP contribution in [0.3, 0.4) is 0 Å². The third kappa shape index (κ3) is 14.1. The minimum Gasteiger partial charge on any atom is -0.493 e. The minimum atomic E-state index is -3.25. The molecule has 0 amide bonds. The van der Waals surface area contributed by atoms with Gasteiger partial charge in [-0.05, 0) is 106 Å². The zero-order valence-electron chi connectivity index (χ0n) is 29.2. The molecule has 1 atom stereocenters. The van der Waals surface area contributed by atoms with Gasteiger partial charge in [-0.1, -0.05) is 81.1 Å². The van der Waals surface area contributed by atoms with Gasteiger partial charge in [0.25, 0.3) is 5.92 Å². The third-order valence-corrected chi connectivity index (χ3v) is 8.76. The van der Waals surface area contributed by atoms with Crippen molar-refractivity contribution in [3.05, 3.63) is 88.9 Å². The molecule has 1 aliphatic heterocycles. The molecular formula is C39H52ClF2N3O4. The maximum absolute atomic E-state index is 14.1. The van der Waals surface area contributed by atoms with Crippen LogP contribution in [0.25, 0.3) is 11.1 Å². The van der Waals surface area contributed by atoms with Crippen LogP contribution in [-0.4, -0.2) is 69.1 Å². The quantitative estimate of drug-likeness (QED) is 0.126. The fraction of sp³-hybridized carbons (Fsp3) is 0.462. The van der Waals surface area contributed by atoms with Crippen LogP contribution < -0.4 is 15.8 Å². The Balaban J connectivity index is 0.000000269. The number of ether oxygens (including phenoxy) is 1. The number of aldehydes is 2. The summed E-state index contributed by atoms with van der Waals surface area (Å²) in [4.78, 5) is 34.5. The number of carbonyl (C=O) groups is 3. The summed E-state index contributed by atoms with van der Waals surface area (Å²) in [6.07, 6.45) is 9.36. The Hall–Kier alpha value is -3.50. The van der Waals surface area contributed by atoms with Crippen molar-refractivity contribution in [3.8, 4) is 16.9 Å². The first-order valence-electron chi connectivity index (χ1n) is 17.1. The summed E-state index contributed by atoms with van der Waals surface area (Å²) >= 11 is 5.81. The first-order chi connectivity index (χ1) is 23.6. The molecule has 0 spiro atoms.